The summed E-state index contributed by atoms with van der Waals surface area (Å²) in [4.78, 5) is 24.3. The number of amides is 1. The lowest BCUT2D eigenvalue weighted by Gasteiger charge is -2.17. The van der Waals surface area contributed by atoms with Crippen molar-refractivity contribution >= 4 is 21.7 Å². The maximum absolute atomic E-state index is 11.8. The second kappa shape index (κ2) is 7.21. The predicted molar refractivity (Wildman–Crippen MR) is 79.1 cm³/mol. The molecule has 0 radical (unpaired) electrons. The third kappa shape index (κ3) is 5.95. The molecule has 0 unspecified atom stereocenters. The zero-order chi connectivity index (χ0) is 16.0. The van der Waals surface area contributed by atoms with E-state index in [-0.39, 0.29) is 23.6 Å². The van der Waals surface area contributed by atoms with Crippen molar-refractivity contribution < 1.29 is 23.1 Å². The van der Waals surface area contributed by atoms with Crippen molar-refractivity contribution in [3.05, 3.63) is 35.4 Å². The molecule has 0 saturated carbocycles. The number of rotatable bonds is 7. The Morgan fingerprint density at radius 1 is 1.24 bits per heavy atom. The number of hydrogen-bond donors (Lipinski definition) is 1. The number of carboxylic acids is 1. The minimum absolute atomic E-state index is 0.0596. The van der Waals surface area contributed by atoms with Gasteiger partial charge in [-0.05, 0) is 18.1 Å². The van der Waals surface area contributed by atoms with E-state index in [1.54, 1.807) is 25.2 Å². The SMILES string of the molecule is CN(CCc1ccccc1C(=O)O)C(=O)CCS(C)(=O)=O. The fraction of sp³-hybridized carbons (Fsp3) is 0.429. The Balaban J connectivity index is 2.59. The molecule has 0 heterocycles. The summed E-state index contributed by atoms with van der Waals surface area (Å²) in [6.45, 7) is 0.340. The molecule has 1 aromatic rings. The maximum Gasteiger partial charge on any atom is 0.335 e. The van der Waals surface area contributed by atoms with E-state index >= 15 is 0 Å². The first-order valence-electron chi connectivity index (χ1n) is 6.43. The highest BCUT2D eigenvalue weighted by atomic mass is 32.2. The van der Waals surface area contributed by atoms with Gasteiger partial charge in [0.25, 0.3) is 0 Å². The molecule has 1 rings (SSSR count). The molecule has 21 heavy (non-hydrogen) atoms. The van der Waals surface area contributed by atoms with Crippen LogP contribution in [0.4, 0.5) is 0 Å². The fourth-order valence-corrected chi connectivity index (χ4v) is 2.37. The Hall–Kier alpha value is -1.89. The third-order valence-corrected chi connectivity index (χ3v) is 4.02. The van der Waals surface area contributed by atoms with Crippen molar-refractivity contribution in [1.29, 1.82) is 0 Å². The van der Waals surface area contributed by atoms with Crippen LogP contribution in [-0.4, -0.2) is 55.9 Å². The third-order valence-electron chi connectivity index (χ3n) is 3.08. The van der Waals surface area contributed by atoms with Crippen LogP contribution in [0, 0.1) is 0 Å². The molecular weight excluding hydrogens is 294 g/mol. The number of carbonyl (C=O) groups excluding carboxylic acids is 1. The second-order valence-corrected chi connectivity index (χ2v) is 7.17. The van der Waals surface area contributed by atoms with Crippen LogP contribution < -0.4 is 0 Å². The minimum atomic E-state index is -3.16. The van der Waals surface area contributed by atoms with Crippen LogP contribution in [0.15, 0.2) is 24.3 Å². The summed E-state index contributed by atoms with van der Waals surface area (Å²) < 4.78 is 22.0. The topological polar surface area (TPSA) is 91.8 Å². The van der Waals surface area contributed by atoms with Crippen molar-refractivity contribution in [2.24, 2.45) is 0 Å². The zero-order valence-electron chi connectivity index (χ0n) is 12.1. The molecule has 1 aromatic carbocycles. The quantitative estimate of drug-likeness (QED) is 0.804. The van der Waals surface area contributed by atoms with Gasteiger partial charge in [0.15, 0.2) is 0 Å². The van der Waals surface area contributed by atoms with E-state index in [1.807, 2.05) is 0 Å². The Labute approximate surface area is 124 Å². The van der Waals surface area contributed by atoms with Crippen molar-refractivity contribution in [3.8, 4) is 0 Å². The number of likely N-dealkylation sites (N-methyl/N-ethyl adjacent to an activating group) is 1. The van der Waals surface area contributed by atoms with E-state index in [1.165, 1.54) is 11.0 Å². The number of carboxylic acid groups (broad SMARTS) is 1. The summed E-state index contributed by atoms with van der Waals surface area (Å²) in [6.07, 6.45) is 1.43. The molecule has 0 bridgehead atoms. The van der Waals surface area contributed by atoms with Gasteiger partial charge in [-0.15, -0.1) is 0 Å². The molecule has 1 N–H and O–H groups in total. The largest absolute Gasteiger partial charge is 0.478 e. The molecule has 0 saturated heterocycles. The Kier molecular flexibility index (Phi) is 5.90. The highest BCUT2D eigenvalue weighted by molar-refractivity contribution is 7.90. The van der Waals surface area contributed by atoms with Crippen LogP contribution in [0.3, 0.4) is 0 Å². The first-order chi connectivity index (χ1) is 9.70. The van der Waals surface area contributed by atoms with E-state index in [4.69, 9.17) is 5.11 Å². The highest BCUT2D eigenvalue weighted by Crippen LogP contribution is 2.10. The lowest BCUT2D eigenvalue weighted by Crippen LogP contribution is -2.30. The normalized spacial score (nSPS) is 11.1. The van der Waals surface area contributed by atoms with E-state index in [0.29, 0.717) is 18.5 Å². The van der Waals surface area contributed by atoms with Gasteiger partial charge in [-0.3, -0.25) is 4.79 Å². The van der Waals surface area contributed by atoms with Gasteiger partial charge >= 0.3 is 5.97 Å². The van der Waals surface area contributed by atoms with Crippen molar-refractivity contribution in [2.45, 2.75) is 12.8 Å². The lowest BCUT2D eigenvalue weighted by molar-refractivity contribution is -0.129. The second-order valence-electron chi connectivity index (χ2n) is 4.91. The Morgan fingerprint density at radius 3 is 2.43 bits per heavy atom. The molecule has 0 aliphatic heterocycles. The molecule has 0 fully saturated rings. The van der Waals surface area contributed by atoms with Crippen LogP contribution >= 0.6 is 0 Å². The van der Waals surface area contributed by atoms with Crippen LogP contribution in [0.1, 0.15) is 22.3 Å². The Morgan fingerprint density at radius 2 is 1.86 bits per heavy atom. The van der Waals surface area contributed by atoms with E-state index in [2.05, 4.69) is 0 Å². The summed E-state index contributed by atoms with van der Waals surface area (Å²) in [6, 6.07) is 6.61. The van der Waals surface area contributed by atoms with Crippen LogP contribution in [0.25, 0.3) is 0 Å². The van der Waals surface area contributed by atoms with Gasteiger partial charge in [-0.1, -0.05) is 18.2 Å². The van der Waals surface area contributed by atoms with Crippen LogP contribution in [0.2, 0.25) is 0 Å². The van der Waals surface area contributed by atoms with E-state index < -0.39 is 15.8 Å². The van der Waals surface area contributed by atoms with Gasteiger partial charge in [0.1, 0.15) is 9.84 Å². The summed E-state index contributed by atoms with van der Waals surface area (Å²) in [7, 11) is -1.59. The number of hydrogen-bond acceptors (Lipinski definition) is 4. The fourth-order valence-electron chi connectivity index (χ4n) is 1.82. The number of carbonyl (C=O) groups is 2. The molecular formula is C14H19NO5S. The van der Waals surface area contributed by atoms with E-state index in [9.17, 15) is 18.0 Å². The zero-order valence-corrected chi connectivity index (χ0v) is 12.9. The predicted octanol–water partition coefficient (Wildman–Crippen LogP) is 0.820. The van der Waals surface area contributed by atoms with Crippen LogP contribution in [-0.2, 0) is 21.1 Å². The monoisotopic (exact) mass is 313 g/mol. The molecule has 6 nitrogen and oxygen atoms in total. The van der Waals surface area contributed by atoms with Crippen LogP contribution in [0.5, 0.6) is 0 Å². The smallest absolute Gasteiger partial charge is 0.335 e. The maximum atomic E-state index is 11.8. The van der Waals surface area contributed by atoms with Gasteiger partial charge in [0.05, 0.1) is 11.3 Å². The summed E-state index contributed by atoms with van der Waals surface area (Å²) in [5.74, 6) is -1.45. The van der Waals surface area contributed by atoms with Gasteiger partial charge in [-0.25, -0.2) is 13.2 Å². The molecule has 0 spiro atoms. The molecule has 0 aliphatic rings. The molecule has 7 heteroatoms. The summed E-state index contributed by atoms with van der Waals surface area (Å²) in [5, 5.41) is 9.07. The lowest BCUT2D eigenvalue weighted by atomic mass is 10.0. The first kappa shape index (κ1) is 17.2. The minimum Gasteiger partial charge on any atom is -0.478 e. The Bertz CT molecular complexity index is 624. The summed E-state index contributed by atoms with van der Waals surface area (Å²) >= 11 is 0. The van der Waals surface area contributed by atoms with Crippen molar-refractivity contribution in [3.63, 3.8) is 0 Å². The van der Waals surface area contributed by atoms with Gasteiger partial charge < -0.3 is 10.0 Å². The van der Waals surface area contributed by atoms with Gasteiger partial charge in [-0.2, -0.15) is 0 Å². The average Bonchev–Trinajstić information content (AvgIpc) is 2.41. The molecule has 0 aliphatic carbocycles. The molecule has 1 amide bonds. The van der Waals surface area contributed by atoms with Gasteiger partial charge in [0, 0.05) is 26.3 Å². The highest BCUT2D eigenvalue weighted by Gasteiger charge is 2.14. The van der Waals surface area contributed by atoms with Crippen molar-refractivity contribution in [2.75, 3.05) is 25.6 Å². The summed E-state index contributed by atoms with van der Waals surface area (Å²) in [5.41, 5.74) is 0.863. The number of nitrogens with zero attached hydrogens (tertiary/aromatic N) is 1. The van der Waals surface area contributed by atoms with Gasteiger partial charge in [0.2, 0.25) is 5.91 Å². The molecule has 116 valence electrons. The van der Waals surface area contributed by atoms with Crippen molar-refractivity contribution in [1.82, 2.24) is 4.90 Å². The number of aromatic carboxylic acids is 1. The van der Waals surface area contributed by atoms with E-state index in [0.717, 1.165) is 6.26 Å². The average molecular weight is 313 g/mol. The molecule has 0 atom stereocenters. The molecule has 0 aromatic heterocycles. The number of sulfone groups is 1. The number of benzene rings is 1. The standard InChI is InChI=1S/C14H19NO5S/c1-15(13(16)8-10-21(2,19)20)9-7-11-5-3-4-6-12(11)14(17)18/h3-6H,7-10H2,1-2H3,(H,17,18). The first-order valence-corrected chi connectivity index (χ1v) is 8.49.